The van der Waals surface area contributed by atoms with Crippen molar-refractivity contribution in [1.29, 1.82) is 0 Å². The van der Waals surface area contributed by atoms with Gasteiger partial charge in [0.05, 0.1) is 5.69 Å². The molecule has 0 radical (unpaired) electrons. The van der Waals surface area contributed by atoms with E-state index in [0.717, 1.165) is 18.9 Å². The predicted molar refractivity (Wildman–Crippen MR) is 65.8 cm³/mol. The molecular formula is C12H11ClF3N3O. The van der Waals surface area contributed by atoms with Gasteiger partial charge in [-0.25, -0.2) is 9.50 Å². The first kappa shape index (κ1) is 13.6. The topological polar surface area (TPSA) is 39.4 Å². The van der Waals surface area contributed by atoms with Crippen molar-refractivity contribution in [3.8, 4) is 0 Å². The van der Waals surface area contributed by atoms with E-state index >= 15 is 0 Å². The Morgan fingerprint density at radius 2 is 1.95 bits per heavy atom. The summed E-state index contributed by atoms with van der Waals surface area (Å²) in [6.45, 7) is 1.26. The van der Waals surface area contributed by atoms with Gasteiger partial charge in [0, 0.05) is 31.3 Å². The SMILES string of the molecule is FC(F)(F)c1cc(Cl)n2nc(C3CCOCC3)cc2n1. The van der Waals surface area contributed by atoms with E-state index in [1.165, 1.54) is 4.52 Å². The van der Waals surface area contributed by atoms with E-state index in [2.05, 4.69) is 10.1 Å². The van der Waals surface area contributed by atoms with Crippen molar-refractivity contribution in [3.05, 3.63) is 28.7 Å². The van der Waals surface area contributed by atoms with Gasteiger partial charge >= 0.3 is 6.18 Å². The number of fused-ring (bicyclic) bond motifs is 1. The minimum absolute atomic E-state index is 0.0966. The van der Waals surface area contributed by atoms with Crippen LogP contribution >= 0.6 is 11.6 Å². The van der Waals surface area contributed by atoms with Crippen molar-refractivity contribution >= 4 is 17.2 Å². The molecule has 108 valence electrons. The Kier molecular flexibility index (Phi) is 3.33. The zero-order valence-corrected chi connectivity index (χ0v) is 11.1. The third-order valence-electron chi connectivity index (χ3n) is 3.33. The summed E-state index contributed by atoms with van der Waals surface area (Å²) in [7, 11) is 0. The Morgan fingerprint density at radius 3 is 2.60 bits per heavy atom. The number of aromatic nitrogens is 3. The fourth-order valence-corrected chi connectivity index (χ4v) is 2.52. The van der Waals surface area contributed by atoms with Crippen LogP contribution < -0.4 is 0 Å². The fraction of sp³-hybridized carbons (Fsp3) is 0.500. The number of rotatable bonds is 1. The fourth-order valence-electron chi connectivity index (χ4n) is 2.29. The van der Waals surface area contributed by atoms with E-state index in [1.54, 1.807) is 6.07 Å². The number of alkyl halides is 3. The summed E-state index contributed by atoms with van der Waals surface area (Å²) < 4.78 is 44.6. The quantitative estimate of drug-likeness (QED) is 0.759. The lowest BCUT2D eigenvalue weighted by molar-refractivity contribution is -0.141. The van der Waals surface area contributed by atoms with Crippen molar-refractivity contribution in [2.75, 3.05) is 13.2 Å². The number of hydrogen-bond donors (Lipinski definition) is 0. The van der Waals surface area contributed by atoms with E-state index in [0.29, 0.717) is 18.9 Å². The maximum absolute atomic E-state index is 12.7. The van der Waals surface area contributed by atoms with E-state index in [1.807, 2.05) is 0 Å². The van der Waals surface area contributed by atoms with Crippen LogP contribution in [0.1, 0.15) is 30.1 Å². The predicted octanol–water partition coefficient (Wildman–Crippen LogP) is 3.30. The van der Waals surface area contributed by atoms with Crippen LogP contribution in [0.5, 0.6) is 0 Å². The largest absolute Gasteiger partial charge is 0.433 e. The molecule has 1 aliphatic rings. The molecule has 0 bridgehead atoms. The zero-order chi connectivity index (χ0) is 14.3. The van der Waals surface area contributed by atoms with Gasteiger partial charge in [0.25, 0.3) is 0 Å². The molecule has 0 saturated carbocycles. The third kappa shape index (κ3) is 2.47. The lowest BCUT2D eigenvalue weighted by Gasteiger charge is -2.19. The lowest BCUT2D eigenvalue weighted by atomic mass is 9.97. The Hall–Kier alpha value is -1.34. The second-order valence-corrected chi connectivity index (χ2v) is 5.07. The Balaban J connectivity index is 2.04. The molecule has 3 rings (SSSR count). The number of halogens is 4. The minimum atomic E-state index is -4.52. The van der Waals surface area contributed by atoms with Crippen LogP contribution in [-0.4, -0.2) is 27.8 Å². The summed E-state index contributed by atoms with van der Waals surface area (Å²) in [6.07, 6.45) is -2.92. The molecule has 0 atom stereocenters. The van der Waals surface area contributed by atoms with Crippen molar-refractivity contribution < 1.29 is 17.9 Å². The summed E-state index contributed by atoms with van der Waals surface area (Å²) in [5.41, 5.74) is -0.179. The molecule has 0 unspecified atom stereocenters. The first-order chi connectivity index (χ1) is 9.45. The minimum Gasteiger partial charge on any atom is -0.381 e. The summed E-state index contributed by atoms with van der Waals surface area (Å²) in [4.78, 5) is 3.58. The van der Waals surface area contributed by atoms with Gasteiger partial charge in [-0.1, -0.05) is 11.6 Å². The highest BCUT2D eigenvalue weighted by Gasteiger charge is 2.34. The molecule has 0 aliphatic carbocycles. The smallest absolute Gasteiger partial charge is 0.381 e. The molecule has 1 fully saturated rings. The summed E-state index contributed by atoms with van der Waals surface area (Å²) in [6, 6.07) is 2.35. The summed E-state index contributed by atoms with van der Waals surface area (Å²) in [5, 5.41) is 4.16. The van der Waals surface area contributed by atoms with Crippen LogP contribution in [0.4, 0.5) is 13.2 Å². The van der Waals surface area contributed by atoms with E-state index in [-0.39, 0.29) is 16.7 Å². The molecule has 2 aromatic heterocycles. The van der Waals surface area contributed by atoms with Crippen molar-refractivity contribution in [1.82, 2.24) is 14.6 Å². The number of ether oxygens (including phenoxy) is 1. The standard InChI is InChI=1S/C12H11ClF3N3O/c13-10-6-9(12(14,15)16)17-11-5-8(18-19(10)11)7-1-3-20-4-2-7/h5-7H,1-4H2. The van der Waals surface area contributed by atoms with Gasteiger partial charge in [0.2, 0.25) is 0 Å². The van der Waals surface area contributed by atoms with Gasteiger partial charge in [-0.15, -0.1) is 0 Å². The summed E-state index contributed by atoms with van der Waals surface area (Å²) in [5.74, 6) is 0.177. The molecule has 20 heavy (non-hydrogen) atoms. The van der Waals surface area contributed by atoms with Crippen LogP contribution in [0.2, 0.25) is 5.15 Å². The van der Waals surface area contributed by atoms with Crippen LogP contribution in [0, 0.1) is 0 Å². The van der Waals surface area contributed by atoms with Crippen molar-refractivity contribution in [2.24, 2.45) is 0 Å². The van der Waals surface area contributed by atoms with Gasteiger partial charge in [-0.05, 0) is 12.8 Å². The van der Waals surface area contributed by atoms with Crippen LogP contribution in [0.25, 0.3) is 5.65 Å². The maximum atomic E-state index is 12.7. The van der Waals surface area contributed by atoms with Gasteiger partial charge in [-0.2, -0.15) is 18.3 Å². The van der Waals surface area contributed by atoms with E-state index in [9.17, 15) is 13.2 Å². The second-order valence-electron chi connectivity index (χ2n) is 4.69. The molecule has 8 heteroatoms. The second kappa shape index (κ2) is 4.89. The molecule has 0 amide bonds. The highest BCUT2D eigenvalue weighted by molar-refractivity contribution is 6.29. The third-order valence-corrected chi connectivity index (χ3v) is 3.60. The first-order valence-electron chi connectivity index (χ1n) is 6.16. The molecule has 2 aromatic rings. The van der Waals surface area contributed by atoms with E-state index < -0.39 is 11.9 Å². The highest BCUT2D eigenvalue weighted by Crippen LogP contribution is 2.31. The van der Waals surface area contributed by atoms with Crippen molar-refractivity contribution in [2.45, 2.75) is 24.9 Å². The highest BCUT2D eigenvalue weighted by atomic mass is 35.5. The maximum Gasteiger partial charge on any atom is 0.433 e. The zero-order valence-electron chi connectivity index (χ0n) is 10.3. The molecular weight excluding hydrogens is 295 g/mol. The molecule has 0 spiro atoms. The molecule has 0 aromatic carbocycles. The van der Waals surface area contributed by atoms with Gasteiger partial charge in [0.1, 0.15) is 10.8 Å². The molecule has 4 nitrogen and oxygen atoms in total. The van der Waals surface area contributed by atoms with Crippen LogP contribution in [-0.2, 0) is 10.9 Å². The van der Waals surface area contributed by atoms with Gasteiger partial charge < -0.3 is 4.74 Å². The van der Waals surface area contributed by atoms with E-state index in [4.69, 9.17) is 16.3 Å². The Labute approximate surface area is 117 Å². The molecule has 3 heterocycles. The van der Waals surface area contributed by atoms with Crippen LogP contribution in [0.3, 0.4) is 0 Å². The lowest BCUT2D eigenvalue weighted by Crippen LogP contribution is -2.14. The first-order valence-corrected chi connectivity index (χ1v) is 6.54. The summed E-state index contributed by atoms with van der Waals surface area (Å²) >= 11 is 5.86. The molecule has 1 aliphatic heterocycles. The number of hydrogen-bond acceptors (Lipinski definition) is 3. The van der Waals surface area contributed by atoms with Gasteiger partial charge in [0.15, 0.2) is 5.65 Å². The van der Waals surface area contributed by atoms with Crippen molar-refractivity contribution in [3.63, 3.8) is 0 Å². The Morgan fingerprint density at radius 1 is 1.25 bits per heavy atom. The molecule has 1 saturated heterocycles. The van der Waals surface area contributed by atoms with Gasteiger partial charge in [-0.3, -0.25) is 0 Å². The average Bonchev–Trinajstić information content (AvgIpc) is 2.83. The monoisotopic (exact) mass is 305 g/mol. The molecule has 0 N–H and O–H groups in total. The number of nitrogens with zero attached hydrogens (tertiary/aromatic N) is 3. The normalized spacial score (nSPS) is 17.8. The van der Waals surface area contributed by atoms with Crippen LogP contribution in [0.15, 0.2) is 12.1 Å². The average molecular weight is 306 g/mol. The Bertz CT molecular complexity index is 635.